The quantitative estimate of drug-likeness (QED) is 0.814. The Morgan fingerprint density at radius 1 is 1.10 bits per heavy atom. The molecule has 2 N–H and O–H groups in total. The van der Waals surface area contributed by atoms with Crippen LogP contribution in [-0.4, -0.2) is 17.1 Å². The second-order valence-electron chi connectivity index (χ2n) is 6.15. The Morgan fingerprint density at radius 3 is 2.55 bits per heavy atom. The van der Waals surface area contributed by atoms with Crippen LogP contribution in [-0.2, 0) is 11.2 Å². The van der Waals surface area contributed by atoms with Crippen molar-refractivity contribution >= 4 is 5.91 Å². The maximum absolute atomic E-state index is 12.4. The molecule has 3 nitrogen and oxygen atoms in total. The van der Waals surface area contributed by atoms with Gasteiger partial charge in [0, 0.05) is 12.3 Å². The molecule has 1 aromatic rings. The standard InChI is InChI=1S/C17H23NO2/c19-15-11-13-9-5-6-10-14(13)16(15)18-17(20)12-7-3-1-2-4-8-12/h5-6,9-10,12,15-16,19H,1-4,7-8,11H2,(H,18,20)/t15-,16+/m0/s1. The first-order chi connectivity index (χ1) is 9.75. The van der Waals surface area contributed by atoms with Gasteiger partial charge in [0.2, 0.25) is 5.91 Å². The van der Waals surface area contributed by atoms with Gasteiger partial charge in [-0.3, -0.25) is 4.79 Å². The summed E-state index contributed by atoms with van der Waals surface area (Å²) in [6, 6.07) is 7.80. The summed E-state index contributed by atoms with van der Waals surface area (Å²) < 4.78 is 0. The minimum absolute atomic E-state index is 0.132. The second-order valence-corrected chi connectivity index (χ2v) is 6.15. The van der Waals surface area contributed by atoms with Crippen molar-refractivity contribution in [3.05, 3.63) is 35.4 Å². The van der Waals surface area contributed by atoms with Crippen LogP contribution in [0.25, 0.3) is 0 Å². The third kappa shape index (κ3) is 2.73. The fourth-order valence-corrected chi connectivity index (χ4v) is 3.56. The van der Waals surface area contributed by atoms with E-state index in [0.717, 1.165) is 36.8 Å². The number of amides is 1. The van der Waals surface area contributed by atoms with E-state index < -0.39 is 6.10 Å². The topological polar surface area (TPSA) is 49.3 Å². The van der Waals surface area contributed by atoms with Crippen LogP contribution in [0.3, 0.4) is 0 Å². The molecule has 1 amide bonds. The molecule has 3 heteroatoms. The maximum Gasteiger partial charge on any atom is 0.223 e. The number of hydrogen-bond acceptors (Lipinski definition) is 2. The molecular weight excluding hydrogens is 250 g/mol. The zero-order chi connectivity index (χ0) is 13.9. The Kier molecular flexibility index (Phi) is 4.06. The summed E-state index contributed by atoms with van der Waals surface area (Å²) in [6.45, 7) is 0. The second kappa shape index (κ2) is 5.96. The number of carbonyl (C=O) groups is 1. The Hall–Kier alpha value is -1.35. The summed E-state index contributed by atoms with van der Waals surface area (Å²) in [5.41, 5.74) is 2.24. The van der Waals surface area contributed by atoms with Gasteiger partial charge in [0.1, 0.15) is 0 Å². The molecule has 2 aliphatic carbocycles. The van der Waals surface area contributed by atoms with E-state index in [2.05, 4.69) is 5.32 Å². The van der Waals surface area contributed by atoms with Crippen molar-refractivity contribution in [3.63, 3.8) is 0 Å². The molecule has 20 heavy (non-hydrogen) atoms. The van der Waals surface area contributed by atoms with Crippen molar-refractivity contribution < 1.29 is 9.90 Å². The minimum atomic E-state index is -0.484. The Balaban J connectivity index is 1.69. The number of benzene rings is 1. The van der Waals surface area contributed by atoms with Gasteiger partial charge >= 0.3 is 0 Å². The number of rotatable bonds is 2. The van der Waals surface area contributed by atoms with E-state index in [1.165, 1.54) is 12.8 Å². The highest BCUT2D eigenvalue weighted by molar-refractivity contribution is 5.79. The Labute approximate surface area is 120 Å². The van der Waals surface area contributed by atoms with E-state index in [9.17, 15) is 9.90 Å². The van der Waals surface area contributed by atoms with Crippen LogP contribution in [0.5, 0.6) is 0 Å². The van der Waals surface area contributed by atoms with Gasteiger partial charge in [0.15, 0.2) is 0 Å². The molecule has 0 saturated heterocycles. The van der Waals surface area contributed by atoms with Crippen LogP contribution in [0, 0.1) is 5.92 Å². The molecule has 1 fully saturated rings. The molecule has 1 saturated carbocycles. The zero-order valence-corrected chi connectivity index (χ0v) is 11.8. The summed E-state index contributed by atoms with van der Waals surface area (Å²) in [5, 5.41) is 13.3. The monoisotopic (exact) mass is 273 g/mol. The van der Waals surface area contributed by atoms with E-state index in [0.29, 0.717) is 6.42 Å². The normalized spacial score (nSPS) is 26.9. The van der Waals surface area contributed by atoms with Gasteiger partial charge in [-0.05, 0) is 24.0 Å². The van der Waals surface area contributed by atoms with E-state index in [-0.39, 0.29) is 17.9 Å². The highest BCUT2D eigenvalue weighted by atomic mass is 16.3. The van der Waals surface area contributed by atoms with Crippen LogP contribution in [0.1, 0.15) is 55.7 Å². The smallest absolute Gasteiger partial charge is 0.223 e. The Bertz CT molecular complexity index is 478. The molecule has 3 rings (SSSR count). The fourth-order valence-electron chi connectivity index (χ4n) is 3.56. The molecule has 0 unspecified atom stereocenters. The van der Waals surface area contributed by atoms with E-state index >= 15 is 0 Å². The molecule has 108 valence electrons. The highest BCUT2D eigenvalue weighted by Crippen LogP contribution is 2.32. The molecule has 2 aliphatic rings. The van der Waals surface area contributed by atoms with Gasteiger partial charge < -0.3 is 10.4 Å². The Morgan fingerprint density at radius 2 is 1.80 bits per heavy atom. The van der Waals surface area contributed by atoms with Crippen molar-refractivity contribution in [2.24, 2.45) is 5.92 Å². The van der Waals surface area contributed by atoms with Crippen molar-refractivity contribution in [2.45, 2.75) is 57.1 Å². The maximum atomic E-state index is 12.4. The molecule has 0 aliphatic heterocycles. The van der Waals surface area contributed by atoms with Crippen molar-refractivity contribution in [1.82, 2.24) is 5.32 Å². The molecule has 0 heterocycles. The van der Waals surface area contributed by atoms with Crippen LogP contribution in [0.15, 0.2) is 24.3 Å². The summed E-state index contributed by atoms with van der Waals surface area (Å²) in [6.07, 6.45) is 6.96. The molecule has 0 radical (unpaired) electrons. The van der Waals surface area contributed by atoms with E-state index in [1.54, 1.807) is 0 Å². The predicted molar refractivity (Wildman–Crippen MR) is 78.2 cm³/mol. The lowest BCUT2D eigenvalue weighted by Gasteiger charge is -2.21. The van der Waals surface area contributed by atoms with Gasteiger partial charge in [0.25, 0.3) is 0 Å². The van der Waals surface area contributed by atoms with Gasteiger partial charge in [-0.15, -0.1) is 0 Å². The molecular formula is C17H23NO2. The van der Waals surface area contributed by atoms with E-state index in [1.807, 2.05) is 24.3 Å². The third-order valence-corrected chi connectivity index (χ3v) is 4.73. The van der Waals surface area contributed by atoms with Crippen molar-refractivity contribution in [3.8, 4) is 0 Å². The van der Waals surface area contributed by atoms with E-state index in [4.69, 9.17) is 0 Å². The lowest BCUT2D eigenvalue weighted by Crippen LogP contribution is -2.37. The zero-order valence-electron chi connectivity index (χ0n) is 11.8. The predicted octanol–water partition coefficient (Wildman–Crippen LogP) is 2.73. The third-order valence-electron chi connectivity index (χ3n) is 4.73. The number of aliphatic hydroxyl groups is 1. The summed E-state index contributed by atoms with van der Waals surface area (Å²) in [7, 11) is 0. The molecule has 0 spiro atoms. The van der Waals surface area contributed by atoms with Gasteiger partial charge in [-0.1, -0.05) is 49.9 Å². The highest BCUT2D eigenvalue weighted by Gasteiger charge is 2.33. The number of aliphatic hydroxyl groups excluding tert-OH is 1. The minimum Gasteiger partial charge on any atom is -0.390 e. The lowest BCUT2D eigenvalue weighted by molar-refractivity contribution is -0.127. The van der Waals surface area contributed by atoms with Gasteiger partial charge in [0.05, 0.1) is 12.1 Å². The molecule has 2 atom stereocenters. The summed E-state index contributed by atoms with van der Waals surface area (Å²) in [4.78, 5) is 12.4. The average Bonchev–Trinajstić information content (AvgIpc) is 2.66. The number of fused-ring (bicyclic) bond motifs is 1. The van der Waals surface area contributed by atoms with Crippen molar-refractivity contribution in [1.29, 1.82) is 0 Å². The first-order valence-electron chi connectivity index (χ1n) is 7.82. The number of carbonyl (C=O) groups excluding carboxylic acids is 1. The van der Waals surface area contributed by atoms with Gasteiger partial charge in [-0.2, -0.15) is 0 Å². The molecule has 0 aromatic heterocycles. The average molecular weight is 273 g/mol. The number of nitrogens with one attached hydrogen (secondary N) is 1. The molecule has 0 bridgehead atoms. The summed E-state index contributed by atoms with van der Waals surface area (Å²) >= 11 is 0. The van der Waals surface area contributed by atoms with Crippen LogP contribution >= 0.6 is 0 Å². The van der Waals surface area contributed by atoms with Crippen molar-refractivity contribution in [2.75, 3.05) is 0 Å². The van der Waals surface area contributed by atoms with Crippen LogP contribution in [0.4, 0.5) is 0 Å². The molecule has 1 aromatic carbocycles. The first-order valence-corrected chi connectivity index (χ1v) is 7.82. The number of hydrogen-bond donors (Lipinski definition) is 2. The fraction of sp³-hybridized carbons (Fsp3) is 0.588. The van der Waals surface area contributed by atoms with Gasteiger partial charge in [-0.25, -0.2) is 0 Å². The van der Waals surface area contributed by atoms with Crippen LogP contribution < -0.4 is 5.32 Å². The van der Waals surface area contributed by atoms with Crippen LogP contribution in [0.2, 0.25) is 0 Å². The summed E-state index contributed by atoms with van der Waals surface area (Å²) in [5.74, 6) is 0.269. The largest absolute Gasteiger partial charge is 0.390 e. The first kappa shape index (κ1) is 13.6. The SMILES string of the molecule is O=C(N[C@@H]1c2ccccc2C[C@@H]1O)C1CCCCCC1. The lowest BCUT2D eigenvalue weighted by atomic mass is 9.98.